The zero-order valence-corrected chi connectivity index (χ0v) is 8.80. The smallest absolute Gasteiger partial charge is 0.174 e. The Bertz CT molecular complexity index is 408. The van der Waals surface area contributed by atoms with Gasteiger partial charge in [-0.05, 0) is 24.1 Å². The van der Waals surface area contributed by atoms with Crippen molar-refractivity contribution in [2.75, 3.05) is 6.61 Å². The largest absolute Gasteiger partial charge is 0.486 e. The van der Waals surface area contributed by atoms with Crippen LogP contribution in [0.2, 0.25) is 0 Å². The van der Waals surface area contributed by atoms with Gasteiger partial charge in [0.05, 0.1) is 6.20 Å². The Labute approximate surface area is 93.5 Å². The molecule has 0 unspecified atom stereocenters. The van der Waals surface area contributed by atoms with Gasteiger partial charge < -0.3 is 14.4 Å². The highest BCUT2D eigenvalue weighted by Gasteiger charge is 1.99. The molecule has 2 aromatic rings. The summed E-state index contributed by atoms with van der Waals surface area (Å²) in [6, 6.07) is 9.39. The maximum absolute atomic E-state index is 8.77. The highest BCUT2D eigenvalue weighted by molar-refractivity contribution is 5.27. The van der Waals surface area contributed by atoms with Crippen molar-refractivity contribution in [2.45, 2.75) is 13.0 Å². The molecule has 4 nitrogen and oxygen atoms in total. The molecule has 0 fully saturated rings. The topological polar surface area (TPSA) is 55.5 Å². The standard InChI is InChI=1S/C12H13NO3/c14-8-6-10-1-3-11(4-2-10)15-9-12-5-7-13-16-12/h1-5,7,14H,6,8-9H2. The number of aromatic nitrogens is 1. The normalized spacial score (nSPS) is 10.3. The Balaban J connectivity index is 1.90. The van der Waals surface area contributed by atoms with Gasteiger partial charge in [0.15, 0.2) is 5.76 Å². The lowest BCUT2D eigenvalue weighted by molar-refractivity contribution is 0.249. The van der Waals surface area contributed by atoms with E-state index in [0.717, 1.165) is 11.3 Å². The molecular formula is C12H13NO3. The monoisotopic (exact) mass is 219 g/mol. The van der Waals surface area contributed by atoms with E-state index in [1.165, 1.54) is 0 Å². The van der Waals surface area contributed by atoms with Gasteiger partial charge in [0.1, 0.15) is 12.4 Å². The fourth-order valence-corrected chi connectivity index (χ4v) is 1.35. The number of hydrogen-bond donors (Lipinski definition) is 1. The van der Waals surface area contributed by atoms with Crippen LogP contribution in [0.5, 0.6) is 5.75 Å². The van der Waals surface area contributed by atoms with E-state index in [2.05, 4.69) is 5.16 Å². The Morgan fingerprint density at radius 2 is 2.00 bits per heavy atom. The second kappa shape index (κ2) is 5.32. The number of hydrogen-bond acceptors (Lipinski definition) is 4. The van der Waals surface area contributed by atoms with E-state index in [1.54, 1.807) is 12.3 Å². The molecule has 1 heterocycles. The molecule has 0 atom stereocenters. The SMILES string of the molecule is OCCc1ccc(OCc2ccno2)cc1. The zero-order chi connectivity index (χ0) is 11.2. The molecule has 16 heavy (non-hydrogen) atoms. The summed E-state index contributed by atoms with van der Waals surface area (Å²) in [7, 11) is 0. The van der Waals surface area contributed by atoms with Crippen molar-refractivity contribution in [3.8, 4) is 5.75 Å². The maximum atomic E-state index is 8.77. The molecule has 0 radical (unpaired) electrons. The molecule has 0 bridgehead atoms. The van der Waals surface area contributed by atoms with E-state index in [9.17, 15) is 0 Å². The second-order valence-electron chi connectivity index (χ2n) is 3.38. The molecule has 1 N–H and O–H groups in total. The molecule has 2 rings (SSSR count). The lowest BCUT2D eigenvalue weighted by Crippen LogP contribution is -1.95. The van der Waals surface area contributed by atoms with Crippen molar-refractivity contribution in [3.63, 3.8) is 0 Å². The molecule has 0 saturated carbocycles. The highest BCUT2D eigenvalue weighted by atomic mass is 16.5. The predicted octanol–water partition coefficient (Wildman–Crippen LogP) is 1.79. The van der Waals surface area contributed by atoms with Gasteiger partial charge >= 0.3 is 0 Å². The summed E-state index contributed by atoms with van der Waals surface area (Å²) in [5.41, 5.74) is 1.09. The van der Waals surface area contributed by atoms with E-state index in [1.807, 2.05) is 24.3 Å². The van der Waals surface area contributed by atoms with Crippen molar-refractivity contribution in [1.82, 2.24) is 5.16 Å². The van der Waals surface area contributed by atoms with Crippen molar-refractivity contribution in [2.24, 2.45) is 0 Å². The Kier molecular flexibility index (Phi) is 3.56. The van der Waals surface area contributed by atoms with Crippen LogP contribution in [0, 0.1) is 0 Å². The van der Waals surface area contributed by atoms with Crippen molar-refractivity contribution in [1.29, 1.82) is 0 Å². The van der Waals surface area contributed by atoms with Gasteiger partial charge in [-0.3, -0.25) is 0 Å². The highest BCUT2D eigenvalue weighted by Crippen LogP contribution is 2.14. The molecule has 0 amide bonds. The quantitative estimate of drug-likeness (QED) is 0.832. The summed E-state index contributed by atoms with van der Waals surface area (Å²) < 4.78 is 10.4. The minimum absolute atomic E-state index is 0.165. The third-order valence-corrected chi connectivity index (χ3v) is 2.20. The summed E-state index contributed by atoms with van der Waals surface area (Å²) in [4.78, 5) is 0. The number of aliphatic hydroxyl groups excluding tert-OH is 1. The van der Waals surface area contributed by atoms with Crippen LogP contribution in [-0.4, -0.2) is 16.9 Å². The number of nitrogens with zero attached hydrogens (tertiary/aromatic N) is 1. The summed E-state index contributed by atoms with van der Waals surface area (Å²) in [5, 5.41) is 12.4. The number of ether oxygens (including phenoxy) is 1. The van der Waals surface area contributed by atoms with Gasteiger partial charge in [-0.2, -0.15) is 0 Å². The Morgan fingerprint density at radius 3 is 2.62 bits per heavy atom. The predicted molar refractivity (Wildman–Crippen MR) is 58.1 cm³/mol. The average Bonchev–Trinajstić information content (AvgIpc) is 2.82. The van der Waals surface area contributed by atoms with E-state index in [0.29, 0.717) is 18.8 Å². The van der Waals surface area contributed by atoms with Gasteiger partial charge in [0.2, 0.25) is 0 Å². The summed E-state index contributed by atoms with van der Waals surface area (Å²) >= 11 is 0. The first kappa shape index (κ1) is 10.7. The number of rotatable bonds is 5. The van der Waals surface area contributed by atoms with E-state index in [4.69, 9.17) is 14.4 Å². The van der Waals surface area contributed by atoms with Crippen LogP contribution in [0.4, 0.5) is 0 Å². The summed E-state index contributed by atoms with van der Waals surface area (Å²) in [6.45, 7) is 0.539. The fraction of sp³-hybridized carbons (Fsp3) is 0.250. The molecule has 84 valence electrons. The molecule has 4 heteroatoms. The minimum Gasteiger partial charge on any atom is -0.486 e. The molecule has 1 aromatic carbocycles. The average molecular weight is 219 g/mol. The van der Waals surface area contributed by atoms with Crippen LogP contribution >= 0.6 is 0 Å². The lowest BCUT2D eigenvalue weighted by atomic mass is 10.1. The van der Waals surface area contributed by atoms with Gasteiger partial charge in [0, 0.05) is 12.7 Å². The molecule has 0 aliphatic heterocycles. The molecule has 1 aromatic heterocycles. The van der Waals surface area contributed by atoms with Crippen molar-refractivity contribution >= 4 is 0 Å². The molecule has 0 aliphatic carbocycles. The Hall–Kier alpha value is -1.81. The summed E-state index contributed by atoms with van der Waals surface area (Å²) in [6.07, 6.45) is 2.26. The zero-order valence-electron chi connectivity index (χ0n) is 8.80. The van der Waals surface area contributed by atoms with Crippen LogP contribution in [-0.2, 0) is 13.0 Å². The molecule has 0 aliphatic rings. The second-order valence-corrected chi connectivity index (χ2v) is 3.38. The van der Waals surface area contributed by atoms with E-state index < -0.39 is 0 Å². The molecule has 0 spiro atoms. The van der Waals surface area contributed by atoms with Crippen molar-refractivity contribution in [3.05, 3.63) is 47.9 Å². The molecular weight excluding hydrogens is 206 g/mol. The van der Waals surface area contributed by atoms with Gasteiger partial charge in [-0.1, -0.05) is 17.3 Å². The number of benzene rings is 1. The first-order valence-corrected chi connectivity index (χ1v) is 5.10. The third-order valence-electron chi connectivity index (χ3n) is 2.20. The minimum atomic E-state index is 0.165. The third kappa shape index (κ3) is 2.84. The Morgan fingerprint density at radius 1 is 1.19 bits per heavy atom. The van der Waals surface area contributed by atoms with E-state index in [-0.39, 0.29) is 6.61 Å². The number of aliphatic hydroxyl groups is 1. The summed E-state index contributed by atoms with van der Waals surface area (Å²) in [5.74, 6) is 1.47. The van der Waals surface area contributed by atoms with Crippen LogP contribution < -0.4 is 4.74 Å². The first-order valence-electron chi connectivity index (χ1n) is 5.10. The van der Waals surface area contributed by atoms with Crippen LogP contribution in [0.3, 0.4) is 0 Å². The van der Waals surface area contributed by atoms with Crippen LogP contribution in [0.1, 0.15) is 11.3 Å². The van der Waals surface area contributed by atoms with Gasteiger partial charge in [-0.15, -0.1) is 0 Å². The van der Waals surface area contributed by atoms with Crippen molar-refractivity contribution < 1.29 is 14.4 Å². The lowest BCUT2D eigenvalue weighted by Gasteiger charge is -2.04. The van der Waals surface area contributed by atoms with Gasteiger partial charge in [-0.25, -0.2) is 0 Å². The molecule has 0 saturated heterocycles. The van der Waals surface area contributed by atoms with Crippen LogP contribution in [0.15, 0.2) is 41.1 Å². The van der Waals surface area contributed by atoms with E-state index >= 15 is 0 Å². The first-order chi connectivity index (χ1) is 7.88. The maximum Gasteiger partial charge on any atom is 0.174 e. The fourth-order valence-electron chi connectivity index (χ4n) is 1.35. The van der Waals surface area contributed by atoms with Crippen LogP contribution in [0.25, 0.3) is 0 Å². The van der Waals surface area contributed by atoms with Gasteiger partial charge in [0.25, 0.3) is 0 Å².